The summed E-state index contributed by atoms with van der Waals surface area (Å²) in [7, 11) is 0. The molecule has 21 heavy (non-hydrogen) atoms. The Bertz CT molecular complexity index is 655. The van der Waals surface area contributed by atoms with Crippen molar-refractivity contribution in [2.45, 2.75) is 12.5 Å². The first kappa shape index (κ1) is 12.5. The molecule has 2 aromatic rings. The van der Waals surface area contributed by atoms with Gasteiger partial charge in [-0.1, -0.05) is 0 Å². The Labute approximate surface area is 122 Å². The minimum absolute atomic E-state index is 0.0955. The summed E-state index contributed by atoms with van der Waals surface area (Å²) in [5.74, 6) is 0.690. The van der Waals surface area contributed by atoms with E-state index in [4.69, 9.17) is 4.42 Å². The number of fused-ring (bicyclic) bond motifs is 2. The van der Waals surface area contributed by atoms with Crippen molar-refractivity contribution in [2.75, 3.05) is 26.2 Å². The van der Waals surface area contributed by atoms with E-state index in [9.17, 15) is 4.79 Å². The molecule has 0 aliphatic carbocycles. The molecule has 0 spiro atoms. The first-order valence-electron chi connectivity index (χ1n) is 7.21. The molecular formula is C15H16N4O2. The van der Waals surface area contributed by atoms with Crippen molar-refractivity contribution in [3.63, 3.8) is 0 Å². The van der Waals surface area contributed by atoms with E-state index in [0.29, 0.717) is 11.8 Å². The molecule has 2 aromatic heterocycles. The van der Waals surface area contributed by atoms with E-state index in [1.807, 2.05) is 17.0 Å². The van der Waals surface area contributed by atoms with Crippen molar-refractivity contribution >= 4 is 5.91 Å². The topological polar surface area (TPSA) is 62.5 Å². The second-order valence-electron chi connectivity index (χ2n) is 5.51. The number of nitrogens with zero attached hydrogens (tertiary/aromatic N) is 4. The van der Waals surface area contributed by atoms with Crippen LogP contribution in [0.5, 0.6) is 0 Å². The summed E-state index contributed by atoms with van der Waals surface area (Å²) >= 11 is 0. The summed E-state index contributed by atoms with van der Waals surface area (Å²) in [5, 5.41) is 0. The lowest BCUT2D eigenvalue weighted by molar-refractivity contribution is 0.0570. The standard InChI is InChI=1S/C15H16N4O2/c20-15(19-8-7-18-6-3-12(19)10-18)14-17-9-13(21-14)11-1-4-16-5-2-11/h1-2,4-5,9,12H,3,6-8,10H2/t12-/m1/s1. The lowest BCUT2D eigenvalue weighted by Gasteiger charge is -2.33. The van der Waals surface area contributed by atoms with Gasteiger partial charge in [0, 0.05) is 50.2 Å². The van der Waals surface area contributed by atoms with Gasteiger partial charge in [-0.15, -0.1) is 0 Å². The van der Waals surface area contributed by atoms with Crippen LogP contribution in [-0.4, -0.2) is 57.9 Å². The quantitative estimate of drug-likeness (QED) is 0.831. The summed E-state index contributed by atoms with van der Waals surface area (Å²) in [5.41, 5.74) is 0.877. The monoisotopic (exact) mass is 284 g/mol. The molecule has 108 valence electrons. The fourth-order valence-electron chi connectivity index (χ4n) is 3.11. The molecule has 4 heterocycles. The number of piperazine rings is 1. The zero-order chi connectivity index (χ0) is 14.2. The van der Waals surface area contributed by atoms with Crippen LogP contribution < -0.4 is 0 Å². The number of carbonyl (C=O) groups excluding carboxylic acids is 1. The van der Waals surface area contributed by atoms with Crippen LogP contribution >= 0.6 is 0 Å². The number of oxazole rings is 1. The summed E-state index contributed by atoms with van der Waals surface area (Å²) in [6.45, 7) is 3.77. The van der Waals surface area contributed by atoms with Gasteiger partial charge in [0.05, 0.1) is 6.20 Å². The maximum atomic E-state index is 12.6. The Balaban J connectivity index is 1.56. The highest BCUT2D eigenvalue weighted by Gasteiger charge is 2.36. The molecule has 1 unspecified atom stereocenters. The number of pyridine rings is 1. The first-order valence-corrected chi connectivity index (χ1v) is 7.21. The Hall–Kier alpha value is -2.21. The fraction of sp³-hybridized carbons (Fsp3) is 0.400. The molecule has 2 bridgehead atoms. The number of carbonyl (C=O) groups is 1. The predicted molar refractivity (Wildman–Crippen MR) is 75.6 cm³/mol. The highest BCUT2D eigenvalue weighted by atomic mass is 16.4. The van der Waals surface area contributed by atoms with Gasteiger partial charge < -0.3 is 9.32 Å². The van der Waals surface area contributed by atoms with Crippen LogP contribution in [0.15, 0.2) is 35.1 Å². The molecule has 0 aromatic carbocycles. The normalized spacial score (nSPS) is 24.3. The van der Waals surface area contributed by atoms with Gasteiger partial charge in [-0.05, 0) is 18.6 Å². The second-order valence-corrected chi connectivity index (χ2v) is 5.51. The Kier molecular flexibility index (Phi) is 2.96. The Morgan fingerprint density at radius 3 is 2.95 bits per heavy atom. The van der Waals surface area contributed by atoms with E-state index in [1.54, 1.807) is 18.6 Å². The van der Waals surface area contributed by atoms with Crippen LogP contribution in [0.25, 0.3) is 11.3 Å². The summed E-state index contributed by atoms with van der Waals surface area (Å²) in [6, 6.07) is 3.98. The lowest BCUT2D eigenvalue weighted by Crippen LogP contribution is -2.49. The van der Waals surface area contributed by atoms with Crippen LogP contribution in [0.3, 0.4) is 0 Å². The number of rotatable bonds is 2. The third-order valence-corrected chi connectivity index (χ3v) is 4.26. The zero-order valence-electron chi connectivity index (χ0n) is 11.6. The van der Waals surface area contributed by atoms with Crippen molar-refractivity contribution in [2.24, 2.45) is 0 Å². The van der Waals surface area contributed by atoms with Crippen molar-refractivity contribution in [1.82, 2.24) is 19.8 Å². The molecule has 2 aliphatic heterocycles. The summed E-state index contributed by atoms with van der Waals surface area (Å²) in [4.78, 5) is 25.0. The fourth-order valence-corrected chi connectivity index (χ4v) is 3.11. The van der Waals surface area contributed by atoms with Crippen molar-refractivity contribution < 1.29 is 9.21 Å². The lowest BCUT2D eigenvalue weighted by atomic mass is 10.2. The van der Waals surface area contributed by atoms with Gasteiger partial charge in [0.1, 0.15) is 0 Å². The Morgan fingerprint density at radius 2 is 2.10 bits per heavy atom. The van der Waals surface area contributed by atoms with Gasteiger partial charge in [-0.3, -0.25) is 14.7 Å². The smallest absolute Gasteiger partial charge is 0.310 e. The van der Waals surface area contributed by atoms with Crippen LogP contribution in [0.4, 0.5) is 0 Å². The maximum absolute atomic E-state index is 12.6. The molecule has 2 saturated heterocycles. The molecule has 0 saturated carbocycles. The molecule has 1 amide bonds. The van der Waals surface area contributed by atoms with Gasteiger partial charge >= 0.3 is 5.91 Å². The minimum Gasteiger partial charge on any atom is -0.432 e. The largest absolute Gasteiger partial charge is 0.432 e. The SMILES string of the molecule is O=C(c1ncc(-c2ccncc2)o1)N1CCN2CC[C@@H]1C2. The average molecular weight is 284 g/mol. The van der Waals surface area contributed by atoms with Gasteiger partial charge in [0.25, 0.3) is 5.89 Å². The van der Waals surface area contributed by atoms with Crippen LogP contribution in [0.2, 0.25) is 0 Å². The van der Waals surface area contributed by atoms with Gasteiger partial charge in [-0.25, -0.2) is 4.98 Å². The van der Waals surface area contributed by atoms with Crippen molar-refractivity contribution in [3.05, 3.63) is 36.6 Å². The van der Waals surface area contributed by atoms with E-state index in [-0.39, 0.29) is 11.8 Å². The summed E-state index contributed by atoms with van der Waals surface area (Å²) < 4.78 is 5.65. The van der Waals surface area contributed by atoms with E-state index < -0.39 is 0 Å². The van der Waals surface area contributed by atoms with E-state index in [2.05, 4.69) is 14.9 Å². The number of amides is 1. The van der Waals surface area contributed by atoms with Crippen molar-refractivity contribution in [1.29, 1.82) is 0 Å². The highest BCUT2D eigenvalue weighted by molar-refractivity contribution is 5.90. The average Bonchev–Trinajstić information content (AvgIpc) is 3.15. The predicted octanol–water partition coefficient (Wildman–Crippen LogP) is 1.27. The van der Waals surface area contributed by atoms with E-state index in [0.717, 1.165) is 38.2 Å². The van der Waals surface area contributed by atoms with Gasteiger partial charge in [0.15, 0.2) is 5.76 Å². The molecule has 6 nitrogen and oxygen atoms in total. The highest BCUT2D eigenvalue weighted by Crippen LogP contribution is 2.24. The number of aromatic nitrogens is 2. The molecule has 2 fully saturated rings. The van der Waals surface area contributed by atoms with Crippen LogP contribution in [0.1, 0.15) is 17.1 Å². The first-order chi connectivity index (χ1) is 10.3. The van der Waals surface area contributed by atoms with Gasteiger partial charge in [-0.2, -0.15) is 0 Å². The molecule has 2 aliphatic rings. The summed E-state index contributed by atoms with van der Waals surface area (Å²) in [6.07, 6.45) is 6.03. The minimum atomic E-state index is -0.0955. The van der Waals surface area contributed by atoms with Gasteiger partial charge in [0.2, 0.25) is 0 Å². The maximum Gasteiger partial charge on any atom is 0.310 e. The van der Waals surface area contributed by atoms with E-state index >= 15 is 0 Å². The molecule has 6 heteroatoms. The van der Waals surface area contributed by atoms with Crippen LogP contribution in [-0.2, 0) is 0 Å². The molecule has 0 radical (unpaired) electrons. The molecule has 0 N–H and O–H groups in total. The molecule has 2 atom stereocenters. The molecule has 4 rings (SSSR count). The molecular weight excluding hydrogens is 268 g/mol. The third-order valence-electron chi connectivity index (χ3n) is 4.26. The van der Waals surface area contributed by atoms with E-state index in [1.165, 1.54) is 0 Å². The zero-order valence-corrected chi connectivity index (χ0v) is 11.6. The third kappa shape index (κ3) is 2.21. The Morgan fingerprint density at radius 1 is 1.24 bits per heavy atom. The number of hydrogen-bond donors (Lipinski definition) is 0. The van der Waals surface area contributed by atoms with Crippen molar-refractivity contribution in [3.8, 4) is 11.3 Å². The second kappa shape index (κ2) is 4.96. The number of hydrogen-bond acceptors (Lipinski definition) is 5. The van der Waals surface area contributed by atoms with Crippen LogP contribution in [0, 0.1) is 0 Å².